The van der Waals surface area contributed by atoms with Gasteiger partial charge in [-0.05, 0) is 53.1 Å². The quantitative estimate of drug-likeness (QED) is 0.196. The lowest BCUT2D eigenvalue weighted by Crippen LogP contribution is -2.28. The first kappa shape index (κ1) is 25.4. The predicted molar refractivity (Wildman–Crippen MR) is 157 cm³/mol. The van der Waals surface area contributed by atoms with Gasteiger partial charge in [0, 0.05) is 35.1 Å². The van der Waals surface area contributed by atoms with Crippen molar-refractivity contribution in [3.05, 3.63) is 126 Å². The van der Waals surface area contributed by atoms with Crippen LogP contribution in [0.1, 0.15) is 28.2 Å². The van der Waals surface area contributed by atoms with Gasteiger partial charge in [-0.2, -0.15) is 0 Å². The monoisotopic (exact) mass is 522 g/mol. The number of aromatic nitrogens is 1. The summed E-state index contributed by atoms with van der Waals surface area (Å²) in [5.41, 5.74) is 5.46. The van der Waals surface area contributed by atoms with E-state index < -0.39 is 0 Å². The highest BCUT2D eigenvalue weighted by Crippen LogP contribution is 2.32. The standard InChI is InChI=1S/C32H30N2O3S/c1-35-25-15-12-23(13-16-25)27(28-20-33-29-11-7-6-10-26(28)29)19-34-32(38)24-14-17-30(31(18-24)36-2)37-21-22-8-4-3-5-9-22/h3-18,20,27,33H,19,21H2,1-2H3,(H,34,38)/t27-/m0/s1. The molecule has 0 aliphatic carbocycles. The summed E-state index contributed by atoms with van der Waals surface area (Å²) in [5.74, 6) is 2.23. The Bertz CT molecular complexity index is 1510. The van der Waals surface area contributed by atoms with Crippen LogP contribution in [0.4, 0.5) is 0 Å². The SMILES string of the molecule is COc1ccc([C@H](CNC(=S)c2ccc(OCc3ccccc3)c(OC)c2)c2c[nH]c3ccccc23)cc1. The van der Waals surface area contributed by atoms with Crippen LogP contribution in [-0.2, 0) is 6.61 Å². The van der Waals surface area contributed by atoms with Gasteiger partial charge in [0.25, 0.3) is 0 Å². The highest BCUT2D eigenvalue weighted by molar-refractivity contribution is 7.80. The third-order valence-electron chi connectivity index (χ3n) is 6.64. The number of benzene rings is 4. The van der Waals surface area contributed by atoms with Crippen LogP contribution in [0.25, 0.3) is 10.9 Å². The fourth-order valence-corrected chi connectivity index (χ4v) is 4.80. The molecule has 0 aliphatic heterocycles. The van der Waals surface area contributed by atoms with Gasteiger partial charge in [0.2, 0.25) is 0 Å². The number of fused-ring (bicyclic) bond motifs is 1. The fraction of sp³-hybridized carbons (Fsp3) is 0.156. The van der Waals surface area contributed by atoms with Gasteiger partial charge in [-0.25, -0.2) is 0 Å². The first-order valence-corrected chi connectivity index (χ1v) is 12.9. The van der Waals surface area contributed by atoms with Crippen LogP contribution in [0.5, 0.6) is 17.2 Å². The highest BCUT2D eigenvalue weighted by Gasteiger charge is 2.19. The van der Waals surface area contributed by atoms with Crippen LogP contribution >= 0.6 is 12.2 Å². The zero-order valence-corrected chi connectivity index (χ0v) is 22.3. The summed E-state index contributed by atoms with van der Waals surface area (Å²) in [6, 6.07) is 32.4. The average molecular weight is 523 g/mol. The Morgan fingerprint density at radius 1 is 0.842 bits per heavy atom. The van der Waals surface area contributed by atoms with Crippen molar-refractivity contribution < 1.29 is 14.2 Å². The molecule has 38 heavy (non-hydrogen) atoms. The lowest BCUT2D eigenvalue weighted by molar-refractivity contribution is 0.284. The first-order valence-electron chi connectivity index (χ1n) is 12.5. The molecule has 0 unspecified atom stereocenters. The van der Waals surface area contributed by atoms with Crippen LogP contribution in [0.3, 0.4) is 0 Å². The molecule has 4 aromatic carbocycles. The molecule has 0 amide bonds. The molecule has 5 rings (SSSR count). The fourth-order valence-electron chi connectivity index (χ4n) is 4.59. The maximum absolute atomic E-state index is 6.01. The Labute approximate surface area is 228 Å². The zero-order valence-electron chi connectivity index (χ0n) is 21.4. The molecule has 0 fully saturated rings. The minimum absolute atomic E-state index is 0.0744. The summed E-state index contributed by atoms with van der Waals surface area (Å²) in [6.45, 7) is 1.09. The van der Waals surface area contributed by atoms with Gasteiger partial charge in [0.15, 0.2) is 11.5 Å². The van der Waals surface area contributed by atoms with Gasteiger partial charge in [0.05, 0.1) is 14.2 Å². The van der Waals surface area contributed by atoms with E-state index >= 15 is 0 Å². The minimum atomic E-state index is 0.0744. The van der Waals surface area contributed by atoms with Crippen molar-refractivity contribution in [2.24, 2.45) is 0 Å². The number of para-hydroxylation sites is 1. The lowest BCUT2D eigenvalue weighted by atomic mass is 9.90. The van der Waals surface area contributed by atoms with Crippen molar-refractivity contribution in [1.82, 2.24) is 10.3 Å². The van der Waals surface area contributed by atoms with E-state index in [1.165, 1.54) is 16.5 Å². The van der Waals surface area contributed by atoms with E-state index in [0.29, 0.717) is 29.6 Å². The minimum Gasteiger partial charge on any atom is -0.497 e. The van der Waals surface area contributed by atoms with Crippen LogP contribution in [-0.4, -0.2) is 30.7 Å². The van der Waals surface area contributed by atoms with Gasteiger partial charge in [0.1, 0.15) is 17.3 Å². The molecule has 0 aliphatic rings. The van der Waals surface area contributed by atoms with E-state index in [0.717, 1.165) is 22.4 Å². The highest BCUT2D eigenvalue weighted by atomic mass is 32.1. The van der Waals surface area contributed by atoms with Crippen LogP contribution in [0, 0.1) is 0 Å². The third-order valence-corrected chi connectivity index (χ3v) is 7.02. The predicted octanol–water partition coefficient (Wildman–Crippen LogP) is 6.86. The van der Waals surface area contributed by atoms with Gasteiger partial charge in [-0.1, -0.05) is 72.9 Å². The number of rotatable bonds is 10. The summed E-state index contributed by atoms with van der Waals surface area (Å²) >= 11 is 5.81. The second kappa shape index (κ2) is 11.8. The molecule has 1 heterocycles. The van der Waals surface area contributed by atoms with Crippen molar-refractivity contribution in [1.29, 1.82) is 0 Å². The second-order valence-electron chi connectivity index (χ2n) is 8.97. The third kappa shape index (κ3) is 5.66. The summed E-state index contributed by atoms with van der Waals surface area (Å²) in [5, 5.41) is 4.69. The van der Waals surface area contributed by atoms with Crippen LogP contribution in [0.15, 0.2) is 103 Å². The summed E-state index contributed by atoms with van der Waals surface area (Å²) in [7, 11) is 3.32. The Kier molecular flexibility index (Phi) is 7.90. The topological polar surface area (TPSA) is 55.5 Å². The summed E-state index contributed by atoms with van der Waals surface area (Å²) in [4.78, 5) is 4.06. The van der Waals surface area contributed by atoms with Crippen LogP contribution < -0.4 is 19.5 Å². The average Bonchev–Trinajstić information content (AvgIpc) is 3.41. The van der Waals surface area contributed by atoms with Gasteiger partial charge >= 0.3 is 0 Å². The van der Waals surface area contributed by atoms with Crippen LogP contribution in [0.2, 0.25) is 0 Å². The first-order chi connectivity index (χ1) is 18.7. The van der Waals surface area contributed by atoms with Crippen molar-refractivity contribution in [2.75, 3.05) is 20.8 Å². The molecule has 0 saturated carbocycles. The number of hydrogen-bond acceptors (Lipinski definition) is 4. The van der Waals surface area contributed by atoms with E-state index in [4.69, 9.17) is 26.4 Å². The van der Waals surface area contributed by atoms with Crippen molar-refractivity contribution in [3.8, 4) is 17.2 Å². The largest absolute Gasteiger partial charge is 0.497 e. The molecule has 0 saturated heterocycles. The molecule has 6 heteroatoms. The second-order valence-corrected chi connectivity index (χ2v) is 9.37. The maximum Gasteiger partial charge on any atom is 0.161 e. The Morgan fingerprint density at radius 2 is 1.61 bits per heavy atom. The van der Waals surface area contributed by atoms with Gasteiger partial charge in [-0.15, -0.1) is 0 Å². The van der Waals surface area contributed by atoms with E-state index in [2.05, 4.69) is 46.8 Å². The molecule has 1 aromatic heterocycles. The number of thiocarbonyl (C=S) groups is 1. The molecular formula is C32H30N2O3S. The van der Waals surface area contributed by atoms with Crippen molar-refractivity contribution >= 4 is 28.1 Å². The van der Waals surface area contributed by atoms with Crippen molar-refractivity contribution in [3.63, 3.8) is 0 Å². The van der Waals surface area contributed by atoms with Gasteiger partial charge in [-0.3, -0.25) is 0 Å². The Morgan fingerprint density at radius 3 is 2.37 bits per heavy atom. The smallest absolute Gasteiger partial charge is 0.161 e. The summed E-state index contributed by atoms with van der Waals surface area (Å²) < 4.78 is 17.0. The number of nitrogens with one attached hydrogen (secondary N) is 2. The molecular weight excluding hydrogens is 492 g/mol. The molecule has 0 spiro atoms. The number of aromatic amines is 1. The zero-order chi connectivity index (χ0) is 26.3. The summed E-state index contributed by atoms with van der Waals surface area (Å²) in [6.07, 6.45) is 2.09. The Hall–Kier alpha value is -4.29. The molecule has 0 bridgehead atoms. The molecule has 5 aromatic rings. The molecule has 0 radical (unpaired) electrons. The number of methoxy groups -OCH3 is 2. The van der Waals surface area contributed by atoms with E-state index in [9.17, 15) is 0 Å². The molecule has 5 nitrogen and oxygen atoms in total. The number of ether oxygens (including phenoxy) is 3. The Balaban J connectivity index is 1.34. The lowest BCUT2D eigenvalue weighted by Gasteiger charge is -2.20. The number of H-pyrrole nitrogens is 1. The normalized spacial score (nSPS) is 11.6. The molecule has 1 atom stereocenters. The van der Waals surface area contributed by atoms with E-state index in [-0.39, 0.29) is 5.92 Å². The molecule has 192 valence electrons. The van der Waals surface area contributed by atoms with E-state index in [1.807, 2.05) is 66.7 Å². The van der Waals surface area contributed by atoms with Gasteiger partial charge < -0.3 is 24.5 Å². The van der Waals surface area contributed by atoms with E-state index in [1.54, 1.807) is 14.2 Å². The maximum atomic E-state index is 6.01. The van der Waals surface area contributed by atoms with Crippen molar-refractivity contribution in [2.45, 2.75) is 12.5 Å². The molecule has 2 N–H and O–H groups in total. The number of hydrogen-bond donors (Lipinski definition) is 2.